The summed E-state index contributed by atoms with van der Waals surface area (Å²) in [5, 5.41) is 0. The van der Waals surface area contributed by atoms with Gasteiger partial charge in [-0.25, -0.2) is 5.79 Å². The number of rotatable bonds is 4. The Labute approximate surface area is 69.6 Å². The summed E-state index contributed by atoms with van der Waals surface area (Å²) in [4.78, 5) is 0. The average Bonchev–Trinajstić information content (AvgIpc) is 1.84. The van der Waals surface area contributed by atoms with Gasteiger partial charge in [0, 0.05) is 14.2 Å². The molecule has 0 aliphatic heterocycles. The van der Waals surface area contributed by atoms with E-state index in [9.17, 15) is 4.57 Å². The summed E-state index contributed by atoms with van der Waals surface area (Å²) < 4.78 is 21.1. The molecule has 0 radical (unpaired) electrons. The SMILES string of the molecule is COP(=O)([CH-][Si](C)(C)C)OC. The molecule has 0 aromatic carbocycles. The van der Waals surface area contributed by atoms with Crippen LogP contribution in [0.4, 0.5) is 0 Å². The lowest BCUT2D eigenvalue weighted by Crippen LogP contribution is -2.21. The second kappa shape index (κ2) is 3.85. The Morgan fingerprint density at radius 2 is 1.55 bits per heavy atom. The molecule has 5 heteroatoms. The highest BCUT2D eigenvalue weighted by molar-refractivity contribution is 7.59. The van der Waals surface area contributed by atoms with E-state index < -0.39 is 15.7 Å². The van der Waals surface area contributed by atoms with Crippen molar-refractivity contribution in [2.24, 2.45) is 0 Å². The minimum absolute atomic E-state index is 1.40. The van der Waals surface area contributed by atoms with Crippen LogP contribution in [0.25, 0.3) is 0 Å². The van der Waals surface area contributed by atoms with Gasteiger partial charge in [0.1, 0.15) is 0 Å². The fourth-order valence-corrected chi connectivity index (χ4v) is 5.44. The van der Waals surface area contributed by atoms with Gasteiger partial charge in [-0.3, -0.25) is 4.57 Å². The molecule has 3 nitrogen and oxygen atoms in total. The summed E-state index contributed by atoms with van der Waals surface area (Å²) in [6.45, 7) is 6.24. The largest absolute Gasteiger partial charge is 0.334 e. The van der Waals surface area contributed by atoms with E-state index in [-0.39, 0.29) is 0 Å². The van der Waals surface area contributed by atoms with Crippen LogP contribution in [0.15, 0.2) is 0 Å². The van der Waals surface area contributed by atoms with E-state index in [1.807, 2.05) is 0 Å². The van der Waals surface area contributed by atoms with E-state index in [1.54, 1.807) is 5.79 Å². The van der Waals surface area contributed by atoms with Gasteiger partial charge in [-0.1, -0.05) is 27.7 Å². The van der Waals surface area contributed by atoms with E-state index in [0.29, 0.717) is 0 Å². The van der Waals surface area contributed by atoms with Crippen molar-refractivity contribution in [2.45, 2.75) is 19.6 Å². The lowest BCUT2D eigenvalue weighted by atomic mass is 11.7. The Bertz CT molecular complexity index is 156. The predicted molar refractivity (Wildman–Crippen MR) is 49.3 cm³/mol. The summed E-state index contributed by atoms with van der Waals surface area (Å²) in [5.41, 5.74) is 0. The average molecular weight is 195 g/mol. The van der Waals surface area contributed by atoms with Crippen molar-refractivity contribution in [1.29, 1.82) is 0 Å². The first-order valence-electron chi connectivity index (χ1n) is 3.41. The van der Waals surface area contributed by atoms with Gasteiger partial charge in [0.25, 0.3) is 0 Å². The Hall–Kier alpha value is 0.367. The summed E-state index contributed by atoms with van der Waals surface area (Å²) in [7, 11) is -1.53. The molecule has 0 bridgehead atoms. The van der Waals surface area contributed by atoms with E-state index in [0.717, 1.165) is 0 Å². The molecule has 0 aliphatic rings. The maximum absolute atomic E-state index is 11.5. The van der Waals surface area contributed by atoms with Gasteiger partial charge in [0.15, 0.2) is 7.60 Å². The fraction of sp³-hybridized carbons (Fsp3) is 0.833. The third kappa shape index (κ3) is 4.75. The van der Waals surface area contributed by atoms with Crippen LogP contribution < -0.4 is 0 Å². The van der Waals surface area contributed by atoms with Crippen molar-refractivity contribution >= 4 is 15.7 Å². The van der Waals surface area contributed by atoms with Crippen molar-refractivity contribution < 1.29 is 13.6 Å². The molecule has 0 spiro atoms. The van der Waals surface area contributed by atoms with Crippen LogP contribution in [0.3, 0.4) is 0 Å². The van der Waals surface area contributed by atoms with E-state index in [4.69, 9.17) is 9.05 Å². The minimum atomic E-state index is -2.87. The molecular formula is C6H16O3PSi-. The molecule has 68 valence electrons. The first-order chi connectivity index (χ1) is 4.83. The van der Waals surface area contributed by atoms with E-state index >= 15 is 0 Å². The molecular weight excluding hydrogens is 179 g/mol. The van der Waals surface area contributed by atoms with Crippen molar-refractivity contribution in [3.8, 4) is 0 Å². The standard InChI is InChI=1S/C6H16O3PSi/c1-8-10(7,9-2)6-11(3,4)5/h6H,1-5H3/q-1. The lowest BCUT2D eigenvalue weighted by Gasteiger charge is -2.33. The van der Waals surface area contributed by atoms with Crippen LogP contribution in [0, 0.1) is 5.79 Å². The van der Waals surface area contributed by atoms with Gasteiger partial charge >= 0.3 is 0 Å². The molecule has 0 atom stereocenters. The van der Waals surface area contributed by atoms with Crippen LogP contribution in [-0.2, 0) is 13.6 Å². The first-order valence-corrected chi connectivity index (χ1v) is 8.60. The molecule has 0 aliphatic carbocycles. The van der Waals surface area contributed by atoms with Crippen LogP contribution in [0.1, 0.15) is 0 Å². The Morgan fingerprint density at radius 1 is 1.18 bits per heavy atom. The first kappa shape index (κ1) is 11.4. The second-order valence-corrected chi connectivity index (χ2v) is 11.0. The van der Waals surface area contributed by atoms with E-state index in [2.05, 4.69) is 19.6 Å². The molecule has 0 aromatic rings. The van der Waals surface area contributed by atoms with Gasteiger partial charge in [0.2, 0.25) is 0 Å². The minimum Gasteiger partial charge on any atom is -0.334 e. The summed E-state index contributed by atoms with van der Waals surface area (Å²) >= 11 is 0. The molecule has 0 rings (SSSR count). The van der Waals surface area contributed by atoms with Crippen molar-refractivity contribution in [3.05, 3.63) is 5.79 Å². The van der Waals surface area contributed by atoms with Crippen molar-refractivity contribution in [3.63, 3.8) is 0 Å². The highest BCUT2D eigenvalue weighted by atomic mass is 31.2. The van der Waals surface area contributed by atoms with Crippen LogP contribution in [0.2, 0.25) is 19.6 Å². The highest BCUT2D eigenvalue weighted by Gasteiger charge is 2.16. The summed E-state index contributed by atoms with van der Waals surface area (Å²) in [6, 6.07) is 0. The fourth-order valence-electron chi connectivity index (χ4n) is 0.654. The Morgan fingerprint density at radius 3 is 1.64 bits per heavy atom. The zero-order valence-corrected chi connectivity index (χ0v) is 9.64. The number of hydrogen-bond acceptors (Lipinski definition) is 3. The predicted octanol–water partition coefficient (Wildman–Crippen LogP) is 2.51. The van der Waals surface area contributed by atoms with Gasteiger partial charge < -0.3 is 9.05 Å². The third-order valence-electron chi connectivity index (χ3n) is 1.05. The van der Waals surface area contributed by atoms with Gasteiger partial charge in [-0.2, -0.15) is 0 Å². The molecule has 0 saturated heterocycles. The zero-order valence-electron chi connectivity index (χ0n) is 7.75. The third-order valence-corrected chi connectivity index (χ3v) is 6.44. The number of hydrogen-bond donors (Lipinski definition) is 0. The van der Waals surface area contributed by atoms with Gasteiger partial charge in [-0.15, -0.1) is 0 Å². The van der Waals surface area contributed by atoms with Crippen LogP contribution in [-0.4, -0.2) is 22.3 Å². The lowest BCUT2D eigenvalue weighted by molar-refractivity contribution is 0.284. The zero-order chi connectivity index (χ0) is 9.12. The van der Waals surface area contributed by atoms with Crippen molar-refractivity contribution in [2.75, 3.05) is 14.2 Å². The maximum Gasteiger partial charge on any atom is 0.185 e. The monoisotopic (exact) mass is 195 g/mol. The molecule has 0 saturated carbocycles. The quantitative estimate of drug-likeness (QED) is 0.393. The molecule has 0 aromatic heterocycles. The molecule has 11 heavy (non-hydrogen) atoms. The van der Waals surface area contributed by atoms with Gasteiger partial charge in [0.05, 0.1) is 0 Å². The second-order valence-electron chi connectivity index (χ2n) is 3.40. The van der Waals surface area contributed by atoms with Crippen molar-refractivity contribution in [1.82, 2.24) is 0 Å². The van der Waals surface area contributed by atoms with Crippen LogP contribution >= 0.6 is 7.60 Å². The normalized spacial score (nSPS) is 13.5. The smallest absolute Gasteiger partial charge is 0.185 e. The molecule has 0 fully saturated rings. The molecule has 0 N–H and O–H groups in total. The summed E-state index contributed by atoms with van der Waals surface area (Å²) in [5.74, 6) is 1.74. The topological polar surface area (TPSA) is 35.5 Å². The highest BCUT2D eigenvalue weighted by Crippen LogP contribution is 2.52. The van der Waals surface area contributed by atoms with Crippen LogP contribution in [0.5, 0.6) is 0 Å². The summed E-state index contributed by atoms with van der Waals surface area (Å²) in [6.07, 6.45) is 0. The van der Waals surface area contributed by atoms with Gasteiger partial charge in [-0.05, 0) is 0 Å². The Balaban J connectivity index is 4.21. The Kier molecular flexibility index (Phi) is 3.98. The maximum atomic E-state index is 11.5. The molecule has 0 heterocycles. The molecule has 0 amide bonds. The molecule has 0 unspecified atom stereocenters. The van der Waals surface area contributed by atoms with E-state index in [1.165, 1.54) is 14.2 Å².